The third kappa shape index (κ3) is 2.03. The molecule has 0 saturated heterocycles. The molecular formula is C16H18N2O2. The van der Waals surface area contributed by atoms with Gasteiger partial charge in [0.1, 0.15) is 28.9 Å². The van der Waals surface area contributed by atoms with Gasteiger partial charge in [-0.25, -0.2) is 5.43 Å². The number of furan rings is 2. The molecule has 0 fully saturated rings. The Morgan fingerprint density at radius 1 is 1.10 bits per heavy atom. The highest BCUT2D eigenvalue weighted by atomic mass is 16.3. The maximum atomic E-state index is 5.99. The van der Waals surface area contributed by atoms with E-state index in [1.807, 2.05) is 51.1 Å². The molecule has 1 atom stereocenters. The second-order valence-corrected chi connectivity index (χ2v) is 5.11. The quantitative estimate of drug-likeness (QED) is 0.564. The summed E-state index contributed by atoms with van der Waals surface area (Å²) in [4.78, 5) is 0. The summed E-state index contributed by atoms with van der Waals surface area (Å²) in [6.45, 7) is 5.89. The van der Waals surface area contributed by atoms with Crippen molar-refractivity contribution in [2.75, 3.05) is 0 Å². The second kappa shape index (κ2) is 4.81. The van der Waals surface area contributed by atoms with Crippen LogP contribution in [0.4, 0.5) is 0 Å². The summed E-state index contributed by atoms with van der Waals surface area (Å²) >= 11 is 0. The molecule has 2 aromatic heterocycles. The first kappa shape index (κ1) is 13.0. The van der Waals surface area contributed by atoms with Crippen molar-refractivity contribution < 1.29 is 8.83 Å². The summed E-state index contributed by atoms with van der Waals surface area (Å²) < 4.78 is 11.6. The second-order valence-electron chi connectivity index (χ2n) is 5.11. The van der Waals surface area contributed by atoms with Crippen molar-refractivity contribution in [1.29, 1.82) is 0 Å². The smallest absolute Gasteiger partial charge is 0.137 e. The maximum Gasteiger partial charge on any atom is 0.137 e. The van der Waals surface area contributed by atoms with Crippen LogP contribution >= 0.6 is 0 Å². The average molecular weight is 270 g/mol. The topological polar surface area (TPSA) is 64.3 Å². The molecule has 4 heteroatoms. The molecule has 0 aliphatic rings. The van der Waals surface area contributed by atoms with Crippen LogP contribution in [0.5, 0.6) is 0 Å². The van der Waals surface area contributed by atoms with Crippen molar-refractivity contribution in [3.8, 4) is 0 Å². The van der Waals surface area contributed by atoms with Crippen LogP contribution < -0.4 is 11.3 Å². The standard InChI is InChI=1S/C16H18N2O2/c1-9-5-4-6-12-8-14(20-16(9)12)15(18-17)13-7-10(2)19-11(13)3/h4-8,15,18H,17H2,1-3H3. The molecule has 0 saturated carbocycles. The van der Waals surface area contributed by atoms with Crippen LogP contribution in [0.3, 0.4) is 0 Å². The van der Waals surface area contributed by atoms with Crippen LogP contribution in [-0.2, 0) is 0 Å². The lowest BCUT2D eigenvalue weighted by atomic mass is 10.1. The molecule has 3 aromatic rings. The molecule has 1 aromatic carbocycles. The Kier molecular flexibility index (Phi) is 3.12. The highest BCUT2D eigenvalue weighted by Gasteiger charge is 2.22. The predicted octanol–water partition coefficient (Wildman–Crippen LogP) is 3.50. The Morgan fingerprint density at radius 2 is 1.90 bits per heavy atom. The zero-order chi connectivity index (χ0) is 14.3. The van der Waals surface area contributed by atoms with E-state index in [-0.39, 0.29) is 6.04 Å². The van der Waals surface area contributed by atoms with E-state index >= 15 is 0 Å². The van der Waals surface area contributed by atoms with Gasteiger partial charge in [-0.15, -0.1) is 0 Å². The van der Waals surface area contributed by atoms with Crippen LogP contribution in [0.25, 0.3) is 11.0 Å². The van der Waals surface area contributed by atoms with Gasteiger partial charge in [-0.2, -0.15) is 0 Å². The lowest BCUT2D eigenvalue weighted by Gasteiger charge is -2.12. The van der Waals surface area contributed by atoms with E-state index in [2.05, 4.69) is 5.43 Å². The normalized spacial score (nSPS) is 13.0. The van der Waals surface area contributed by atoms with Gasteiger partial charge >= 0.3 is 0 Å². The first-order valence-corrected chi connectivity index (χ1v) is 6.62. The number of benzene rings is 1. The summed E-state index contributed by atoms with van der Waals surface area (Å²) in [6, 6.07) is 9.90. The monoisotopic (exact) mass is 270 g/mol. The molecule has 0 bridgehead atoms. The van der Waals surface area contributed by atoms with Crippen molar-refractivity contribution in [2.24, 2.45) is 5.84 Å². The summed E-state index contributed by atoms with van der Waals surface area (Å²) in [7, 11) is 0. The average Bonchev–Trinajstić information content (AvgIpc) is 2.96. The fourth-order valence-corrected chi connectivity index (χ4v) is 2.63. The number of hydrogen-bond donors (Lipinski definition) is 2. The number of rotatable bonds is 3. The molecule has 20 heavy (non-hydrogen) atoms. The van der Waals surface area contributed by atoms with Crippen molar-refractivity contribution >= 4 is 11.0 Å². The fraction of sp³-hybridized carbons (Fsp3) is 0.250. The summed E-state index contributed by atoms with van der Waals surface area (Å²) in [5, 5.41) is 1.08. The van der Waals surface area contributed by atoms with Gasteiger partial charge in [0.25, 0.3) is 0 Å². The molecule has 0 spiro atoms. The van der Waals surface area contributed by atoms with Gasteiger partial charge in [-0.05, 0) is 38.5 Å². The number of aryl methyl sites for hydroxylation is 3. The van der Waals surface area contributed by atoms with E-state index in [0.717, 1.165) is 39.4 Å². The zero-order valence-corrected chi connectivity index (χ0v) is 11.9. The first-order chi connectivity index (χ1) is 9.60. The van der Waals surface area contributed by atoms with Gasteiger partial charge < -0.3 is 8.83 Å². The van der Waals surface area contributed by atoms with Crippen LogP contribution in [0.15, 0.2) is 39.2 Å². The van der Waals surface area contributed by atoms with E-state index in [4.69, 9.17) is 14.7 Å². The minimum absolute atomic E-state index is 0.209. The largest absolute Gasteiger partial charge is 0.466 e. The number of para-hydroxylation sites is 1. The Bertz CT molecular complexity index is 755. The van der Waals surface area contributed by atoms with E-state index in [9.17, 15) is 0 Å². The maximum absolute atomic E-state index is 5.99. The van der Waals surface area contributed by atoms with E-state index in [1.165, 1.54) is 0 Å². The third-order valence-corrected chi connectivity index (χ3v) is 3.60. The molecule has 2 heterocycles. The van der Waals surface area contributed by atoms with Crippen molar-refractivity contribution in [2.45, 2.75) is 26.8 Å². The summed E-state index contributed by atoms with van der Waals surface area (Å²) in [5.74, 6) is 8.23. The van der Waals surface area contributed by atoms with Gasteiger partial charge in [-0.1, -0.05) is 18.2 Å². The number of hydrazine groups is 1. The Hall–Kier alpha value is -2.04. The molecule has 1 unspecified atom stereocenters. The van der Waals surface area contributed by atoms with Crippen LogP contribution in [0.2, 0.25) is 0 Å². The number of nitrogens with two attached hydrogens (primary N) is 1. The molecular weight excluding hydrogens is 252 g/mol. The first-order valence-electron chi connectivity index (χ1n) is 6.62. The highest BCUT2D eigenvalue weighted by molar-refractivity contribution is 5.81. The fourth-order valence-electron chi connectivity index (χ4n) is 2.63. The van der Waals surface area contributed by atoms with E-state index < -0.39 is 0 Å². The van der Waals surface area contributed by atoms with Crippen LogP contribution in [-0.4, -0.2) is 0 Å². The molecule has 104 valence electrons. The molecule has 0 radical (unpaired) electrons. The lowest BCUT2D eigenvalue weighted by molar-refractivity contribution is 0.460. The summed E-state index contributed by atoms with van der Waals surface area (Å²) in [6.07, 6.45) is 0. The SMILES string of the molecule is Cc1cc(C(NN)c2cc3cccc(C)c3o2)c(C)o1. The van der Waals surface area contributed by atoms with Gasteiger partial charge in [0.15, 0.2) is 0 Å². The zero-order valence-electron chi connectivity index (χ0n) is 11.9. The number of fused-ring (bicyclic) bond motifs is 1. The van der Waals surface area contributed by atoms with Crippen molar-refractivity contribution in [3.05, 3.63) is 58.7 Å². The number of hydrogen-bond acceptors (Lipinski definition) is 4. The Morgan fingerprint density at radius 3 is 2.50 bits per heavy atom. The van der Waals surface area contributed by atoms with Crippen LogP contribution in [0.1, 0.15) is 34.4 Å². The van der Waals surface area contributed by atoms with Crippen LogP contribution in [0, 0.1) is 20.8 Å². The molecule has 3 N–H and O–H groups in total. The molecule has 0 aliphatic heterocycles. The van der Waals surface area contributed by atoms with Crippen molar-refractivity contribution in [3.63, 3.8) is 0 Å². The minimum atomic E-state index is -0.209. The van der Waals surface area contributed by atoms with E-state index in [0.29, 0.717) is 0 Å². The molecule has 4 nitrogen and oxygen atoms in total. The van der Waals surface area contributed by atoms with E-state index in [1.54, 1.807) is 0 Å². The molecule has 0 amide bonds. The Labute approximate surface area is 117 Å². The summed E-state index contributed by atoms with van der Waals surface area (Å²) in [5.41, 5.74) is 5.84. The molecule has 3 rings (SSSR count). The molecule has 0 aliphatic carbocycles. The minimum Gasteiger partial charge on any atom is -0.466 e. The Balaban J connectivity index is 2.12. The third-order valence-electron chi connectivity index (χ3n) is 3.60. The highest BCUT2D eigenvalue weighted by Crippen LogP contribution is 2.31. The predicted molar refractivity (Wildman–Crippen MR) is 78.3 cm³/mol. The van der Waals surface area contributed by atoms with Crippen molar-refractivity contribution in [1.82, 2.24) is 5.43 Å². The van der Waals surface area contributed by atoms with Gasteiger partial charge in [-0.3, -0.25) is 5.84 Å². The lowest BCUT2D eigenvalue weighted by Crippen LogP contribution is -2.28. The number of nitrogens with one attached hydrogen (secondary N) is 1. The van der Waals surface area contributed by atoms with Gasteiger partial charge in [0.05, 0.1) is 0 Å². The van der Waals surface area contributed by atoms with Gasteiger partial charge in [0, 0.05) is 10.9 Å². The van der Waals surface area contributed by atoms with Gasteiger partial charge in [0.2, 0.25) is 0 Å².